The molecule has 122 valence electrons. The minimum atomic E-state index is -0.657. The Hall–Kier alpha value is -2.84. The number of benzene rings is 1. The molecule has 2 heteroatoms. The summed E-state index contributed by atoms with van der Waals surface area (Å²) in [7, 11) is 0. The van der Waals surface area contributed by atoms with Gasteiger partial charge in [-0.05, 0) is 54.0 Å². The van der Waals surface area contributed by atoms with E-state index < -0.39 is 5.41 Å². The average Bonchev–Trinajstić information content (AvgIpc) is 3.01. The van der Waals surface area contributed by atoms with Gasteiger partial charge in [-0.15, -0.1) is 0 Å². The van der Waals surface area contributed by atoms with Crippen LogP contribution in [0.3, 0.4) is 0 Å². The zero-order valence-electron chi connectivity index (χ0n) is 14.8. The van der Waals surface area contributed by atoms with Crippen LogP contribution in [0.25, 0.3) is 0 Å². The van der Waals surface area contributed by atoms with Gasteiger partial charge >= 0.3 is 0 Å². The number of rotatable bonds is 1. The fourth-order valence-electron chi connectivity index (χ4n) is 4.90. The Bertz CT molecular complexity index is 973. The number of hydrogen-bond acceptors (Lipinski definition) is 2. The van der Waals surface area contributed by atoms with E-state index in [-0.39, 0.29) is 5.92 Å². The summed E-state index contributed by atoms with van der Waals surface area (Å²) in [5, 5.41) is 20.2. The number of nitrogens with zero attached hydrogens (tertiary/aromatic N) is 2. The van der Waals surface area contributed by atoms with E-state index in [0.717, 1.165) is 34.3 Å². The monoisotopic (exact) mass is 324 g/mol. The van der Waals surface area contributed by atoms with Crippen LogP contribution in [0.1, 0.15) is 38.7 Å². The largest absolute Gasteiger partial charge is 0.197 e. The van der Waals surface area contributed by atoms with Crippen molar-refractivity contribution in [2.24, 2.45) is 11.3 Å². The summed E-state index contributed by atoms with van der Waals surface area (Å²) >= 11 is 0. The quantitative estimate of drug-likeness (QED) is 0.698. The van der Waals surface area contributed by atoms with Gasteiger partial charge in [-0.2, -0.15) is 10.5 Å². The molecule has 25 heavy (non-hydrogen) atoms. The molecule has 1 unspecified atom stereocenters. The molecule has 0 heterocycles. The highest BCUT2D eigenvalue weighted by Gasteiger charge is 2.55. The first-order valence-corrected chi connectivity index (χ1v) is 8.77. The third kappa shape index (κ3) is 1.83. The van der Waals surface area contributed by atoms with Crippen LogP contribution in [0.5, 0.6) is 0 Å². The zero-order chi connectivity index (χ0) is 17.8. The van der Waals surface area contributed by atoms with Crippen molar-refractivity contribution in [2.75, 3.05) is 0 Å². The molecule has 0 saturated heterocycles. The van der Waals surface area contributed by atoms with E-state index in [1.54, 1.807) is 0 Å². The molecule has 0 spiro atoms. The molecule has 0 aromatic heterocycles. The van der Waals surface area contributed by atoms with Crippen molar-refractivity contribution in [2.45, 2.75) is 33.1 Å². The summed E-state index contributed by atoms with van der Waals surface area (Å²) in [6.45, 7) is 6.22. The summed E-state index contributed by atoms with van der Waals surface area (Å²) in [6.07, 6.45) is 5.12. The number of nitriles is 2. The minimum Gasteiger partial charge on any atom is -0.197 e. The molecule has 1 aromatic carbocycles. The predicted molar refractivity (Wildman–Crippen MR) is 98.2 cm³/mol. The lowest BCUT2D eigenvalue weighted by Crippen LogP contribution is -2.32. The smallest absolute Gasteiger partial charge is 0.111 e. The first kappa shape index (κ1) is 15.7. The SMILES string of the molecule is CC1=C(C)[C@]2(C#N)C3=C(CC2c2ccccc2)[C@H](C)C=CC3=C1C#N. The maximum atomic E-state index is 10.4. The molecule has 1 aromatic rings. The van der Waals surface area contributed by atoms with Crippen LogP contribution in [0, 0.1) is 34.0 Å². The van der Waals surface area contributed by atoms with Crippen molar-refractivity contribution in [3.05, 3.63) is 81.5 Å². The maximum Gasteiger partial charge on any atom is 0.111 e. The van der Waals surface area contributed by atoms with Gasteiger partial charge in [-0.1, -0.05) is 55.0 Å². The molecular formula is C23H20N2. The van der Waals surface area contributed by atoms with Crippen molar-refractivity contribution < 1.29 is 0 Å². The number of allylic oxidation sites excluding steroid dienone is 8. The molecule has 0 amide bonds. The van der Waals surface area contributed by atoms with Gasteiger partial charge in [0, 0.05) is 5.92 Å². The zero-order valence-corrected chi connectivity index (χ0v) is 14.8. The van der Waals surface area contributed by atoms with Gasteiger partial charge in [0.2, 0.25) is 0 Å². The van der Waals surface area contributed by atoms with Crippen molar-refractivity contribution >= 4 is 0 Å². The number of hydrogen-bond donors (Lipinski definition) is 0. The molecule has 0 N–H and O–H groups in total. The highest BCUT2D eigenvalue weighted by molar-refractivity contribution is 5.73. The van der Waals surface area contributed by atoms with Gasteiger partial charge in [0.1, 0.15) is 11.5 Å². The lowest BCUT2D eigenvalue weighted by Gasteiger charge is -2.39. The first-order valence-electron chi connectivity index (χ1n) is 8.77. The van der Waals surface area contributed by atoms with Crippen molar-refractivity contribution in [3.63, 3.8) is 0 Å². The minimum absolute atomic E-state index is 0.108. The van der Waals surface area contributed by atoms with Crippen LogP contribution in [0.4, 0.5) is 0 Å². The Balaban J connectivity index is 2.06. The third-order valence-corrected chi connectivity index (χ3v) is 6.32. The Morgan fingerprint density at radius 3 is 2.48 bits per heavy atom. The highest BCUT2D eigenvalue weighted by atomic mass is 14.6. The molecule has 0 radical (unpaired) electrons. The predicted octanol–water partition coefficient (Wildman–Crippen LogP) is 5.36. The fraction of sp³-hybridized carbons (Fsp3) is 0.304. The summed E-state index contributed by atoms with van der Waals surface area (Å²) in [5.41, 5.74) is 6.69. The van der Waals surface area contributed by atoms with Crippen LogP contribution in [-0.4, -0.2) is 0 Å². The van der Waals surface area contributed by atoms with E-state index in [4.69, 9.17) is 0 Å². The van der Waals surface area contributed by atoms with Crippen LogP contribution in [0.15, 0.2) is 75.9 Å². The molecule has 3 aliphatic carbocycles. The fourth-order valence-corrected chi connectivity index (χ4v) is 4.90. The molecule has 0 saturated carbocycles. The average molecular weight is 324 g/mol. The second kappa shape index (κ2) is 5.33. The second-order valence-electron chi connectivity index (χ2n) is 7.29. The Kier molecular flexibility index (Phi) is 3.34. The Morgan fingerprint density at radius 1 is 1.12 bits per heavy atom. The van der Waals surface area contributed by atoms with Gasteiger partial charge in [0.15, 0.2) is 0 Å². The van der Waals surface area contributed by atoms with Gasteiger partial charge in [-0.3, -0.25) is 0 Å². The lowest BCUT2D eigenvalue weighted by molar-refractivity contribution is 0.470. The standard InChI is InChI=1S/C23H20N2/c1-14-9-10-18-20(12-24)15(2)16(3)23(13-25)21(11-19(14)22(18)23)17-7-5-4-6-8-17/h4-10,14,21H,11H2,1-3H3/t14-,21?,23+/m1/s1. The van der Waals surface area contributed by atoms with Crippen molar-refractivity contribution in [3.8, 4) is 12.1 Å². The first-order chi connectivity index (χ1) is 12.1. The normalized spacial score (nSPS) is 30.3. The van der Waals surface area contributed by atoms with Crippen molar-refractivity contribution in [1.29, 1.82) is 10.5 Å². The summed E-state index contributed by atoms with van der Waals surface area (Å²) < 4.78 is 0. The maximum absolute atomic E-state index is 10.4. The van der Waals surface area contributed by atoms with E-state index >= 15 is 0 Å². The molecule has 4 rings (SSSR count). The van der Waals surface area contributed by atoms with Crippen LogP contribution in [-0.2, 0) is 0 Å². The second-order valence-corrected chi connectivity index (χ2v) is 7.29. The molecule has 3 atom stereocenters. The summed E-state index contributed by atoms with van der Waals surface area (Å²) in [6, 6.07) is 15.5. The van der Waals surface area contributed by atoms with Gasteiger partial charge < -0.3 is 0 Å². The summed E-state index contributed by atoms with van der Waals surface area (Å²) in [5.74, 6) is 0.419. The van der Waals surface area contributed by atoms with E-state index in [2.05, 4.69) is 43.3 Å². The van der Waals surface area contributed by atoms with Crippen molar-refractivity contribution in [1.82, 2.24) is 0 Å². The van der Waals surface area contributed by atoms with Crippen LogP contribution >= 0.6 is 0 Å². The van der Waals surface area contributed by atoms with Gasteiger partial charge in [-0.25, -0.2) is 0 Å². The van der Waals surface area contributed by atoms with E-state index in [1.165, 1.54) is 11.1 Å². The molecule has 0 fully saturated rings. The lowest BCUT2D eigenvalue weighted by atomic mass is 9.60. The molecule has 0 aliphatic heterocycles. The Labute approximate surface area is 149 Å². The van der Waals surface area contributed by atoms with Gasteiger partial charge in [0.25, 0.3) is 0 Å². The molecule has 0 bridgehead atoms. The highest BCUT2D eigenvalue weighted by Crippen LogP contribution is 2.64. The van der Waals surface area contributed by atoms with Gasteiger partial charge in [0.05, 0.1) is 11.6 Å². The van der Waals surface area contributed by atoms with Crippen LogP contribution < -0.4 is 0 Å². The molecule has 2 nitrogen and oxygen atoms in total. The summed E-state index contributed by atoms with van der Waals surface area (Å²) in [4.78, 5) is 0. The third-order valence-electron chi connectivity index (χ3n) is 6.32. The van der Waals surface area contributed by atoms with E-state index in [0.29, 0.717) is 5.92 Å². The van der Waals surface area contributed by atoms with E-state index in [9.17, 15) is 10.5 Å². The van der Waals surface area contributed by atoms with E-state index in [1.807, 2.05) is 32.0 Å². The molecule has 3 aliphatic rings. The van der Waals surface area contributed by atoms with Crippen LogP contribution in [0.2, 0.25) is 0 Å². The topological polar surface area (TPSA) is 47.6 Å². The molecular weight excluding hydrogens is 304 g/mol. The Morgan fingerprint density at radius 2 is 1.84 bits per heavy atom.